The first-order chi connectivity index (χ1) is 36.0. The summed E-state index contributed by atoms with van der Waals surface area (Å²) in [7, 11) is 0. The highest BCUT2D eigenvalue weighted by Crippen LogP contribution is 2.17. The van der Waals surface area contributed by atoms with Crippen LogP contribution in [0.5, 0.6) is 0 Å². The van der Waals surface area contributed by atoms with Crippen LogP contribution in [0, 0.1) is 0 Å². The van der Waals surface area contributed by atoms with E-state index >= 15 is 0 Å². The zero-order valence-electron chi connectivity index (χ0n) is 48.7. The highest BCUT2D eigenvalue weighted by molar-refractivity contribution is 5.71. The van der Waals surface area contributed by atoms with Crippen LogP contribution in [0.4, 0.5) is 0 Å². The number of esters is 3. The van der Waals surface area contributed by atoms with Gasteiger partial charge in [0, 0.05) is 19.3 Å². The van der Waals surface area contributed by atoms with Gasteiger partial charge in [0.25, 0.3) is 0 Å². The summed E-state index contributed by atoms with van der Waals surface area (Å²) in [5, 5.41) is 0. The molecule has 1 atom stereocenters. The average Bonchev–Trinajstić information content (AvgIpc) is 3.39. The molecule has 1 unspecified atom stereocenters. The summed E-state index contributed by atoms with van der Waals surface area (Å²) in [5.41, 5.74) is 0. The summed E-state index contributed by atoms with van der Waals surface area (Å²) in [6.45, 7) is 6.54. The van der Waals surface area contributed by atoms with Crippen molar-refractivity contribution in [2.45, 2.75) is 335 Å². The van der Waals surface area contributed by atoms with E-state index in [1.165, 1.54) is 180 Å². The Bertz CT molecular complexity index is 1310. The molecule has 0 aromatic carbocycles. The SMILES string of the molecule is CC/C=C\C/C=C\C/C=C\C/C=C\C/C=C\CCCCCCCC(=O)OC(COC(=O)CCCCCCCCCCC)COC(=O)CCCCCCCCCCCCCCCCCCCCCCCCCCC. The smallest absolute Gasteiger partial charge is 0.306 e. The molecule has 0 rings (SSSR count). The Hall–Kier alpha value is -2.89. The van der Waals surface area contributed by atoms with Crippen LogP contribution in [0.1, 0.15) is 329 Å². The van der Waals surface area contributed by atoms with Crippen molar-refractivity contribution in [3.8, 4) is 0 Å². The molecule has 0 heterocycles. The fourth-order valence-corrected chi connectivity index (χ4v) is 9.30. The van der Waals surface area contributed by atoms with Gasteiger partial charge in [-0.2, -0.15) is 0 Å². The van der Waals surface area contributed by atoms with Crippen LogP contribution in [0.2, 0.25) is 0 Å². The molecule has 0 saturated heterocycles. The molecule has 0 aliphatic heterocycles. The zero-order valence-corrected chi connectivity index (χ0v) is 48.7. The average molecular weight is 1020 g/mol. The molecule has 0 spiro atoms. The van der Waals surface area contributed by atoms with E-state index in [1.807, 2.05) is 0 Å². The van der Waals surface area contributed by atoms with Gasteiger partial charge in [0.1, 0.15) is 13.2 Å². The summed E-state index contributed by atoms with van der Waals surface area (Å²) >= 11 is 0. The number of ether oxygens (including phenoxy) is 3. The van der Waals surface area contributed by atoms with E-state index < -0.39 is 6.10 Å². The summed E-state index contributed by atoms with van der Waals surface area (Å²) in [6, 6.07) is 0. The Morgan fingerprint density at radius 3 is 0.836 bits per heavy atom. The zero-order chi connectivity index (χ0) is 52.9. The standard InChI is InChI=1S/C67H120O6/c1-4-7-10-13-16-19-21-23-25-27-29-31-32-33-34-36-37-39-41-43-45-48-51-54-57-60-66(69)72-63-64(62-71-65(68)59-56-53-50-47-18-15-12-9-6-3)73-67(70)61-58-55-52-49-46-44-42-40-38-35-30-28-26-24-22-20-17-14-11-8-5-2/h8,11,17,20,24,26,30,35,40,42,64H,4-7,9-10,12-16,18-19,21-23,25,27-29,31-34,36-39,41,43-63H2,1-3H3/b11-8-,20-17-,26-24-,35-30-,42-40-. The molecule has 0 bridgehead atoms. The minimum atomic E-state index is -0.781. The van der Waals surface area contributed by atoms with E-state index in [-0.39, 0.29) is 31.1 Å². The molecule has 0 radical (unpaired) electrons. The van der Waals surface area contributed by atoms with Crippen molar-refractivity contribution in [1.82, 2.24) is 0 Å². The maximum Gasteiger partial charge on any atom is 0.306 e. The maximum absolute atomic E-state index is 12.9. The van der Waals surface area contributed by atoms with E-state index in [0.717, 1.165) is 109 Å². The molecular weight excluding hydrogens is 901 g/mol. The van der Waals surface area contributed by atoms with Gasteiger partial charge in [-0.1, -0.05) is 306 Å². The number of hydrogen-bond donors (Lipinski definition) is 0. The molecule has 6 heteroatoms. The second-order valence-corrected chi connectivity index (χ2v) is 21.3. The summed E-state index contributed by atoms with van der Waals surface area (Å²) in [4.78, 5) is 38.2. The minimum absolute atomic E-state index is 0.0782. The van der Waals surface area contributed by atoms with E-state index in [9.17, 15) is 14.4 Å². The van der Waals surface area contributed by atoms with Crippen molar-refractivity contribution < 1.29 is 28.6 Å². The van der Waals surface area contributed by atoms with Crippen LogP contribution >= 0.6 is 0 Å². The first kappa shape index (κ1) is 70.1. The quantitative estimate of drug-likeness (QED) is 0.0261. The predicted molar refractivity (Wildman–Crippen MR) is 316 cm³/mol. The monoisotopic (exact) mass is 1020 g/mol. The Balaban J connectivity index is 4.20. The third kappa shape index (κ3) is 59.9. The van der Waals surface area contributed by atoms with Crippen LogP contribution < -0.4 is 0 Å². The second kappa shape index (κ2) is 61.7. The van der Waals surface area contributed by atoms with Gasteiger partial charge in [-0.15, -0.1) is 0 Å². The van der Waals surface area contributed by atoms with Crippen LogP contribution in [0.25, 0.3) is 0 Å². The molecule has 0 amide bonds. The number of allylic oxidation sites excluding steroid dienone is 10. The third-order valence-corrected chi connectivity index (χ3v) is 14.0. The van der Waals surface area contributed by atoms with E-state index in [1.54, 1.807) is 0 Å². The van der Waals surface area contributed by atoms with Crippen molar-refractivity contribution in [2.24, 2.45) is 0 Å². The molecule has 73 heavy (non-hydrogen) atoms. The van der Waals surface area contributed by atoms with Crippen molar-refractivity contribution in [3.05, 3.63) is 60.8 Å². The van der Waals surface area contributed by atoms with Crippen molar-refractivity contribution in [1.29, 1.82) is 0 Å². The fraction of sp³-hybridized carbons (Fsp3) is 0.806. The van der Waals surface area contributed by atoms with Crippen LogP contribution in [0.15, 0.2) is 60.8 Å². The lowest BCUT2D eigenvalue weighted by Crippen LogP contribution is -2.30. The van der Waals surface area contributed by atoms with E-state index in [2.05, 4.69) is 81.5 Å². The Labute approximate surface area is 453 Å². The Morgan fingerprint density at radius 2 is 0.534 bits per heavy atom. The summed E-state index contributed by atoms with van der Waals surface area (Å²) in [6.07, 6.45) is 78.2. The first-order valence-electron chi connectivity index (χ1n) is 31.8. The third-order valence-electron chi connectivity index (χ3n) is 14.0. The number of rotatable bonds is 58. The van der Waals surface area contributed by atoms with Gasteiger partial charge in [0.2, 0.25) is 0 Å². The van der Waals surface area contributed by atoms with Gasteiger partial charge in [0.15, 0.2) is 6.10 Å². The molecule has 6 nitrogen and oxygen atoms in total. The highest BCUT2D eigenvalue weighted by Gasteiger charge is 2.19. The van der Waals surface area contributed by atoms with E-state index in [4.69, 9.17) is 14.2 Å². The molecule has 0 fully saturated rings. The maximum atomic E-state index is 12.9. The Morgan fingerprint density at radius 1 is 0.288 bits per heavy atom. The lowest BCUT2D eigenvalue weighted by molar-refractivity contribution is -0.167. The van der Waals surface area contributed by atoms with E-state index in [0.29, 0.717) is 19.3 Å². The minimum Gasteiger partial charge on any atom is -0.462 e. The van der Waals surface area contributed by atoms with Gasteiger partial charge >= 0.3 is 17.9 Å². The van der Waals surface area contributed by atoms with Crippen molar-refractivity contribution in [3.63, 3.8) is 0 Å². The topological polar surface area (TPSA) is 78.9 Å². The van der Waals surface area contributed by atoms with Gasteiger partial charge in [-0.05, 0) is 64.2 Å². The van der Waals surface area contributed by atoms with Crippen molar-refractivity contribution >= 4 is 17.9 Å². The molecule has 0 saturated carbocycles. The van der Waals surface area contributed by atoms with Gasteiger partial charge in [-0.3, -0.25) is 14.4 Å². The summed E-state index contributed by atoms with van der Waals surface area (Å²) < 4.78 is 16.9. The summed E-state index contributed by atoms with van der Waals surface area (Å²) in [5.74, 6) is -0.883. The number of unbranched alkanes of at least 4 members (excludes halogenated alkanes) is 37. The first-order valence-corrected chi connectivity index (χ1v) is 31.8. The number of hydrogen-bond acceptors (Lipinski definition) is 6. The highest BCUT2D eigenvalue weighted by atomic mass is 16.6. The van der Waals surface area contributed by atoms with Gasteiger partial charge in [0.05, 0.1) is 0 Å². The molecule has 0 aromatic heterocycles. The number of carbonyl (C=O) groups is 3. The van der Waals surface area contributed by atoms with Crippen LogP contribution in [-0.2, 0) is 28.6 Å². The molecular formula is C67H120O6. The predicted octanol–water partition coefficient (Wildman–Crippen LogP) is 21.6. The lowest BCUT2D eigenvalue weighted by atomic mass is 10.0. The molecule has 424 valence electrons. The largest absolute Gasteiger partial charge is 0.462 e. The molecule has 0 aliphatic rings. The van der Waals surface area contributed by atoms with Gasteiger partial charge in [-0.25, -0.2) is 0 Å². The van der Waals surface area contributed by atoms with Gasteiger partial charge < -0.3 is 14.2 Å². The molecule has 0 aliphatic carbocycles. The van der Waals surface area contributed by atoms with Crippen molar-refractivity contribution in [2.75, 3.05) is 13.2 Å². The Kier molecular flexibility index (Phi) is 59.2. The fourth-order valence-electron chi connectivity index (χ4n) is 9.30. The van der Waals surface area contributed by atoms with Crippen LogP contribution in [0.3, 0.4) is 0 Å². The molecule has 0 N–H and O–H groups in total. The lowest BCUT2D eigenvalue weighted by Gasteiger charge is -2.18. The van der Waals surface area contributed by atoms with Crippen LogP contribution in [-0.4, -0.2) is 37.2 Å². The molecule has 0 aromatic rings. The normalized spacial score (nSPS) is 12.4. The number of carbonyl (C=O) groups excluding carboxylic acids is 3. The second-order valence-electron chi connectivity index (χ2n) is 21.3.